The second-order valence-corrected chi connectivity index (χ2v) is 7.85. The standard InChI is InChI=1S/C13H20Cl2N2O2S/c1-9(2)8-17(4)20(18,19)12-6-5-11(14)10(7-16-3)13(12)15/h5-6,9,16H,7-8H2,1-4H3. The van der Waals surface area contributed by atoms with Gasteiger partial charge in [-0.3, -0.25) is 0 Å². The Bertz CT molecular complexity index is 574. The molecule has 4 nitrogen and oxygen atoms in total. The minimum Gasteiger partial charge on any atom is -0.316 e. The highest BCUT2D eigenvalue weighted by Gasteiger charge is 2.26. The SMILES string of the molecule is CNCc1c(Cl)ccc(S(=O)(=O)N(C)CC(C)C)c1Cl. The smallest absolute Gasteiger partial charge is 0.244 e. The molecule has 0 saturated heterocycles. The Morgan fingerprint density at radius 2 is 1.90 bits per heavy atom. The lowest BCUT2D eigenvalue weighted by molar-refractivity contribution is 0.417. The molecule has 1 N–H and O–H groups in total. The molecule has 7 heteroatoms. The molecule has 0 fully saturated rings. The van der Waals surface area contributed by atoms with E-state index in [0.29, 0.717) is 23.7 Å². The van der Waals surface area contributed by atoms with Crippen LogP contribution in [0, 0.1) is 5.92 Å². The van der Waals surface area contributed by atoms with Crippen molar-refractivity contribution in [3.8, 4) is 0 Å². The zero-order valence-electron chi connectivity index (χ0n) is 12.1. The first-order valence-corrected chi connectivity index (χ1v) is 8.49. The number of benzene rings is 1. The van der Waals surface area contributed by atoms with E-state index in [2.05, 4.69) is 5.32 Å². The first-order chi connectivity index (χ1) is 9.21. The van der Waals surface area contributed by atoms with Gasteiger partial charge in [0.05, 0.1) is 5.02 Å². The highest BCUT2D eigenvalue weighted by atomic mass is 35.5. The van der Waals surface area contributed by atoms with E-state index in [-0.39, 0.29) is 15.8 Å². The van der Waals surface area contributed by atoms with Crippen LogP contribution >= 0.6 is 23.2 Å². The van der Waals surface area contributed by atoms with E-state index in [4.69, 9.17) is 23.2 Å². The zero-order valence-corrected chi connectivity index (χ0v) is 14.4. The Hall–Kier alpha value is -0.330. The second kappa shape index (κ2) is 7.09. The second-order valence-electron chi connectivity index (χ2n) is 5.05. The number of nitrogens with one attached hydrogen (secondary N) is 1. The van der Waals surface area contributed by atoms with Crippen molar-refractivity contribution in [1.82, 2.24) is 9.62 Å². The summed E-state index contributed by atoms with van der Waals surface area (Å²) >= 11 is 12.3. The molecular formula is C13H20Cl2N2O2S. The minimum absolute atomic E-state index is 0.0944. The van der Waals surface area contributed by atoms with Crippen molar-refractivity contribution in [1.29, 1.82) is 0 Å². The van der Waals surface area contributed by atoms with Gasteiger partial charge in [-0.05, 0) is 25.1 Å². The van der Waals surface area contributed by atoms with Gasteiger partial charge < -0.3 is 5.32 Å². The van der Waals surface area contributed by atoms with Crippen LogP contribution in [0.15, 0.2) is 17.0 Å². The number of hydrogen-bond donors (Lipinski definition) is 1. The average Bonchev–Trinajstić information content (AvgIpc) is 2.33. The Kier molecular flexibility index (Phi) is 6.28. The maximum absolute atomic E-state index is 12.5. The molecule has 1 aromatic carbocycles. The minimum atomic E-state index is -3.61. The Morgan fingerprint density at radius 3 is 2.40 bits per heavy atom. The lowest BCUT2D eigenvalue weighted by Gasteiger charge is -2.21. The molecule has 0 aliphatic carbocycles. The van der Waals surface area contributed by atoms with Gasteiger partial charge in [-0.25, -0.2) is 12.7 Å². The molecular weight excluding hydrogens is 319 g/mol. The van der Waals surface area contributed by atoms with E-state index < -0.39 is 10.0 Å². The topological polar surface area (TPSA) is 49.4 Å². The molecule has 0 saturated carbocycles. The summed E-state index contributed by atoms with van der Waals surface area (Å²) in [6.45, 7) is 4.77. The van der Waals surface area contributed by atoms with Gasteiger partial charge in [-0.2, -0.15) is 0 Å². The number of hydrogen-bond acceptors (Lipinski definition) is 3. The van der Waals surface area contributed by atoms with Gasteiger partial charge in [0, 0.05) is 30.7 Å². The van der Waals surface area contributed by atoms with Crippen LogP contribution in [-0.4, -0.2) is 33.4 Å². The molecule has 1 rings (SSSR count). The van der Waals surface area contributed by atoms with E-state index in [9.17, 15) is 8.42 Å². The Labute approximate surface area is 131 Å². The maximum atomic E-state index is 12.5. The third kappa shape index (κ3) is 3.86. The summed E-state index contributed by atoms with van der Waals surface area (Å²) in [5.41, 5.74) is 0.592. The quantitative estimate of drug-likeness (QED) is 0.867. The molecule has 0 heterocycles. The van der Waals surface area contributed by atoms with Crippen molar-refractivity contribution >= 4 is 33.2 Å². The fraction of sp³-hybridized carbons (Fsp3) is 0.538. The van der Waals surface area contributed by atoms with E-state index in [1.165, 1.54) is 10.4 Å². The summed E-state index contributed by atoms with van der Waals surface area (Å²) in [5, 5.41) is 3.56. The van der Waals surface area contributed by atoms with Crippen molar-refractivity contribution in [3.05, 3.63) is 27.7 Å². The normalized spacial score (nSPS) is 12.4. The predicted octanol–water partition coefficient (Wildman–Crippen LogP) is 2.99. The number of nitrogens with zero attached hydrogens (tertiary/aromatic N) is 1. The maximum Gasteiger partial charge on any atom is 0.244 e. The van der Waals surface area contributed by atoms with Crippen LogP contribution in [0.3, 0.4) is 0 Å². The predicted molar refractivity (Wildman–Crippen MR) is 83.9 cm³/mol. The lowest BCUT2D eigenvalue weighted by Crippen LogP contribution is -2.30. The summed E-state index contributed by atoms with van der Waals surface area (Å²) in [5.74, 6) is 0.234. The lowest BCUT2D eigenvalue weighted by atomic mass is 10.2. The van der Waals surface area contributed by atoms with Crippen molar-refractivity contribution in [2.75, 3.05) is 20.6 Å². The van der Waals surface area contributed by atoms with Crippen molar-refractivity contribution in [2.24, 2.45) is 5.92 Å². The molecule has 0 aliphatic heterocycles. The van der Waals surface area contributed by atoms with Crippen LogP contribution in [0.2, 0.25) is 10.0 Å². The Balaban J connectivity index is 3.29. The Morgan fingerprint density at radius 1 is 1.30 bits per heavy atom. The van der Waals surface area contributed by atoms with E-state index in [1.54, 1.807) is 20.2 Å². The molecule has 0 radical (unpaired) electrons. The summed E-state index contributed by atoms with van der Waals surface area (Å²) in [6, 6.07) is 3.02. The molecule has 1 aromatic rings. The zero-order chi connectivity index (χ0) is 15.5. The molecule has 0 spiro atoms. The third-order valence-electron chi connectivity index (χ3n) is 2.81. The fourth-order valence-corrected chi connectivity index (χ4v) is 4.11. The summed E-state index contributed by atoms with van der Waals surface area (Å²) in [7, 11) is -0.305. The first-order valence-electron chi connectivity index (χ1n) is 6.29. The van der Waals surface area contributed by atoms with E-state index in [1.807, 2.05) is 13.8 Å². The monoisotopic (exact) mass is 338 g/mol. The number of sulfonamides is 1. The summed E-state index contributed by atoms with van der Waals surface area (Å²) < 4.78 is 26.4. The van der Waals surface area contributed by atoms with Gasteiger partial charge in [0.1, 0.15) is 4.90 Å². The van der Waals surface area contributed by atoms with Crippen LogP contribution < -0.4 is 5.32 Å². The van der Waals surface area contributed by atoms with Crippen LogP contribution in [0.1, 0.15) is 19.4 Å². The number of rotatable bonds is 6. The van der Waals surface area contributed by atoms with Gasteiger partial charge in [0.25, 0.3) is 0 Å². The van der Waals surface area contributed by atoms with Gasteiger partial charge in [-0.1, -0.05) is 37.0 Å². The van der Waals surface area contributed by atoms with Crippen molar-refractivity contribution in [2.45, 2.75) is 25.3 Å². The molecule has 0 amide bonds. The first kappa shape index (κ1) is 17.7. The molecule has 0 aromatic heterocycles. The largest absolute Gasteiger partial charge is 0.316 e. The molecule has 0 bridgehead atoms. The highest BCUT2D eigenvalue weighted by Crippen LogP contribution is 2.32. The van der Waals surface area contributed by atoms with Gasteiger partial charge in [0.2, 0.25) is 10.0 Å². The van der Waals surface area contributed by atoms with Crippen LogP contribution in [0.4, 0.5) is 0 Å². The third-order valence-corrected chi connectivity index (χ3v) is 5.58. The molecule has 0 unspecified atom stereocenters. The van der Waals surface area contributed by atoms with E-state index >= 15 is 0 Å². The van der Waals surface area contributed by atoms with Crippen LogP contribution in [-0.2, 0) is 16.6 Å². The van der Waals surface area contributed by atoms with Gasteiger partial charge in [-0.15, -0.1) is 0 Å². The summed E-state index contributed by atoms with van der Waals surface area (Å²) in [4.78, 5) is 0.0944. The molecule has 0 atom stereocenters. The van der Waals surface area contributed by atoms with Crippen molar-refractivity contribution in [3.63, 3.8) is 0 Å². The van der Waals surface area contributed by atoms with Crippen LogP contribution in [0.25, 0.3) is 0 Å². The average molecular weight is 339 g/mol. The molecule has 114 valence electrons. The number of halogens is 2. The highest BCUT2D eigenvalue weighted by molar-refractivity contribution is 7.89. The molecule has 20 heavy (non-hydrogen) atoms. The summed E-state index contributed by atoms with van der Waals surface area (Å²) in [6.07, 6.45) is 0. The van der Waals surface area contributed by atoms with Gasteiger partial charge in [0.15, 0.2) is 0 Å². The van der Waals surface area contributed by atoms with Gasteiger partial charge >= 0.3 is 0 Å². The van der Waals surface area contributed by atoms with Crippen LogP contribution in [0.5, 0.6) is 0 Å². The molecule has 0 aliphatic rings. The fourth-order valence-electron chi connectivity index (χ4n) is 1.89. The van der Waals surface area contributed by atoms with Crippen molar-refractivity contribution < 1.29 is 8.42 Å². The van der Waals surface area contributed by atoms with E-state index in [0.717, 1.165) is 0 Å².